The molecule has 0 atom stereocenters. The molecule has 3 aromatic carbocycles. The first-order chi connectivity index (χ1) is 10.6. The van der Waals surface area contributed by atoms with E-state index in [0.717, 1.165) is 27.7 Å². The number of hydrogen-bond acceptors (Lipinski definition) is 1. The lowest BCUT2D eigenvalue weighted by molar-refractivity contribution is 1.43. The van der Waals surface area contributed by atoms with Crippen LogP contribution in [0.15, 0.2) is 65.7 Å². The van der Waals surface area contributed by atoms with E-state index in [1.54, 1.807) is 0 Å². The summed E-state index contributed by atoms with van der Waals surface area (Å²) in [5.74, 6) is 0.309. The molecule has 23 heavy (non-hydrogen) atoms. The molecule has 0 heterocycles. The molecule has 0 spiro atoms. The second-order valence-corrected chi connectivity index (χ2v) is 5.51. The van der Waals surface area contributed by atoms with Crippen LogP contribution in [-0.2, 0) is 0 Å². The molecule has 0 unspecified atom stereocenters. The van der Waals surface area contributed by atoms with E-state index in [1.165, 1.54) is 0 Å². The van der Waals surface area contributed by atoms with Gasteiger partial charge in [0.25, 0.3) is 0 Å². The van der Waals surface area contributed by atoms with Gasteiger partial charge in [-0.25, -0.2) is 4.99 Å². The largest absolute Gasteiger partial charge is 0.369 e. The van der Waals surface area contributed by atoms with Crippen molar-refractivity contribution in [2.24, 2.45) is 10.7 Å². The van der Waals surface area contributed by atoms with Crippen LogP contribution in [0.5, 0.6) is 0 Å². The highest BCUT2D eigenvalue weighted by Gasteiger charge is 2.03. The number of anilines is 1. The molecule has 0 aliphatic carbocycles. The van der Waals surface area contributed by atoms with E-state index in [0.29, 0.717) is 11.0 Å². The molecular weight excluding hydrogens is 329 g/mol. The minimum atomic E-state index is 0. The lowest BCUT2D eigenvalue weighted by Gasteiger charge is -2.09. The molecule has 0 radical (unpaired) electrons. The monoisotopic (exact) mass is 345 g/mol. The van der Waals surface area contributed by atoms with Crippen LogP contribution < -0.4 is 11.1 Å². The molecule has 0 aromatic heterocycles. The Morgan fingerprint density at radius 1 is 1.04 bits per heavy atom. The van der Waals surface area contributed by atoms with Gasteiger partial charge in [-0.1, -0.05) is 54.1 Å². The van der Waals surface area contributed by atoms with Crippen molar-refractivity contribution in [1.82, 2.24) is 0 Å². The van der Waals surface area contributed by atoms with Crippen molar-refractivity contribution in [2.75, 3.05) is 5.32 Å². The summed E-state index contributed by atoms with van der Waals surface area (Å²) in [5, 5.41) is 5.86. The standard InChI is InChI=1S/C18H16ClN3.ClH/c1-12-9-10-15(19)17(11-12)22-18(20)21-16-8-4-6-13-5-2-3-7-14(13)16;/h2-11H,1H3,(H3,20,21,22);1H. The van der Waals surface area contributed by atoms with Crippen LogP contribution in [0.1, 0.15) is 5.56 Å². The molecule has 0 bridgehead atoms. The first-order valence-corrected chi connectivity index (χ1v) is 7.36. The molecule has 3 nitrogen and oxygen atoms in total. The van der Waals surface area contributed by atoms with Crippen LogP contribution in [-0.4, -0.2) is 5.96 Å². The van der Waals surface area contributed by atoms with Gasteiger partial charge in [-0.2, -0.15) is 0 Å². The van der Waals surface area contributed by atoms with Crippen molar-refractivity contribution < 1.29 is 0 Å². The lowest BCUT2D eigenvalue weighted by atomic mass is 10.1. The summed E-state index contributed by atoms with van der Waals surface area (Å²) >= 11 is 6.17. The second-order valence-electron chi connectivity index (χ2n) is 5.10. The first kappa shape index (κ1) is 17.1. The Morgan fingerprint density at radius 3 is 2.61 bits per heavy atom. The summed E-state index contributed by atoms with van der Waals surface area (Å²) in [7, 11) is 0. The molecule has 0 amide bonds. The highest BCUT2D eigenvalue weighted by Crippen LogP contribution is 2.26. The number of benzene rings is 3. The van der Waals surface area contributed by atoms with Gasteiger partial charge in [0.1, 0.15) is 0 Å². The fourth-order valence-electron chi connectivity index (χ4n) is 2.34. The Labute approximate surface area is 146 Å². The SMILES string of the molecule is Cc1ccc(Cl)c(NC(N)=Nc2cccc3ccccc23)c1.Cl. The smallest absolute Gasteiger partial charge is 0.198 e. The van der Waals surface area contributed by atoms with Crippen LogP contribution in [0.3, 0.4) is 0 Å². The van der Waals surface area contributed by atoms with Crippen molar-refractivity contribution in [2.45, 2.75) is 6.92 Å². The van der Waals surface area contributed by atoms with Gasteiger partial charge < -0.3 is 11.1 Å². The summed E-state index contributed by atoms with van der Waals surface area (Å²) in [4.78, 5) is 4.48. The van der Waals surface area contributed by atoms with E-state index in [4.69, 9.17) is 17.3 Å². The van der Waals surface area contributed by atoms with Crippen molar-refractivity contribution in [3.8, 4) is 0 Å². The molecule has 0 saturated carbocycles. The van der Waals surface area contributed by atoms with E-state index < -0.39 is 0 Å². The van der Waals surface area contributed by atoms with Crippen LogP contribution in [0.25, 0.3) is 10.8 Å². The molecule has 3 rings (SSSR count). The number of halogens is 2. The number of aryl methyl sites for hydroxylation is 1. The third kappa shape index (κ3) is 3.95. The van der Waals surface area contributed by atoms with Crippen molar-refractivity contribution in [1.29, 1.82) is 0 Å². The van der Waals surface area contributed by atoms with E-state index >= 15 is 0 Å². The first-order valence-electron chi connectivity index (χ1n) is 6.98. The second kappa shape index (κ2) is 7.36. The maximum atomic E-state index is 6.17. The summed E-state index contributed by atoms with van der Waals surface area (Å²) in [5.41, 5.74) is 8.71. The zero-order valence-electron chi connectivity index (χ0n) is 12.6. The number of guanidine groups is 1. The van der Waals surface area contributed by atoms with E-state index in [-0.39, 0.29) is 12.4 Å². The fourth-order valence-corrected chi connectivity index (χ4v) is 2.50. The van der Waals surface area contributed by atoms with Crippen LogP contribution >= 0.6 is 24.0 Å². The molecular formula is C18H17Cl2N3. The molecule has 118 valence electrons. The summed E-state index contributed by atoms with van der Waals surface area (Å²) in [6.07, 6.45) is 0. The van der Waals surface area contributed by atoms with Crippen molar-refractivity contribution in [3.63, 3.8) is 0 Å². The predicted molar refractivity (Wildman–Crippen MR) is 102 cm³/mol. The van der Waals surface area contributed by atoms with Gasteiger partial charge in [0.15, 0.2) is 5.96 Å². The quantitative estimate of drug-likeness (QED) is 0.490. The third-order valence-electron chi connectivity index (χ3n) is 3.39. The number of rotatable bonds is 2. The Kier molecular flexibility index (Phi) is 5.48. The molecule has 5 heteroatoms. The average Bonchev–Trinajstić information content (AvgIpc) is 2.51. The van der Waals surface area contributed by atoms with Crippen LogP contribution in [0.2, 0.25) is 5.02 Å². The van der Waals surface area contributed by atoms with Gasteiger partial charge in [-0.05, 0) is 36.1 Å². The average molecular weight is 346 g/mol. The Bertz CT molecular complexity index is 855. The zero-order chi connectivity index (χ0) is 15.5. The zero-order valence-corrected chi connectivity index (χ0v) is 14.2. The van der Waals surface area contributed by atoms with Gasteiger partial charge in [0, 0.05) is 5.39 Å². The maximum Gasteiger partial charge on any atom is 0.198 e. The molecule has 0 saturated heterocycles. The predicted octanol–water partition coefficient (Wildman–Crippen LogP) is 5.28. The number of nitrogens with one attached hydrogen (secondary N) is 1. The highest BCUT2D eigenvalue weighted by atomic mass is 35.5. The molecule has 0 aliphatic rings. The molecule has 0 aliphatic heterocycles. The Balaban J connectivity index is 0.00000192. The number of hydrogen-bond donors (Lipinski definition) is 2. The Hall–Kier alpha value is -2.23. The molecule has 3 aromatic rings. The van der Waals surface area contributed by atoms with E-state index in [1.807, 2.05) is 55.5 Å². The maximum absolute atomic E-state index is 6.17. The van der Waals surface area contributed by atoms with Gasteiger partial charge in [0.2, 0.25) is 0 Å². The highest BCUT2D eigenvalue weighted by molar-refractivity contribution is 6.33. The van der Waals surface area contributed by atoms with Gasteiger partial charge in [-0.15, -0.1) is 12.4 Å². The normalized spacial score (nSPS) is 11.1. The minimum absolute atomic E-state index is 0. The summed E-state index contributed by atoms with van der Waals surface area (Å²) in [6.45, 7) is 2.00. The van der Waals surface area contributed by atoms with Gasteiger partial charge >= 0.3 is 0 Å². The minimum Gasteiger partial charge on any atom is -0.369 e. The van der Waals surface area contributed by atoms with Gasteiger partial charge in [-0.3, -0.25) is 0 Å². The van der Waals surface area contributed by atoms with Crippen molar-refractivity contribution >= 4 is 52.1 Å². The fraction of sp³-hybridized carbons (Fsp3) is 0.0556. The van der Waals surface area contributed by atoms with Crippen LogP contribution in [0, 0.1) is 6.92 Å². The molecule has 0 fully saturated rings. The number of fused-ring (bicyclic) bond motifs is 1. The molecule has 3 N–H and O–H groups in total. The number of aliphatic imine (C=N–C) groups is 1. The van der Waals surface area contributed by atoms with E-state index in [9.17, 15) is 0 Å². The summed E-state index contributed by atoms with van der Waals surface area (Å²) in [6, 6.07) is 19.8. The van der Waals surface area contributed by atoms with Crippen molar-refractivity contribution in [3.05, 3.63) is 71.2 Å². The van der Waals surface area contributed by atoms with Gasteiger partial charge in [0.05, 0.1) is 16.4 Å². The number of nitrogens with two attached hydrogens (primary N) is 1. The topological polar surface area (TPSA) is 50.4 Å². The lowest BCUT2D eigenvalue weighted by Crippen LogP contribution is -2.22. The number of nitrogens with zero attached hydrogens (tertiary/aromatic N) is 1. The summed E-state index contributed by atoms with van der Waals surface area (Å²) < 4.78 is 0. The van der Waals surface area contributed by atoms with Crippen LogP contribution in [0.4, 0.5) is 11.4 Å². The van der Waals surface area contributed by atoms with E-state index in [2.05, 4.69) is 22.4 Å². The third-order valence-corrected chi connectivity index (χ3v) is 3.72. The Morgan fingerprint density at radius 2 is 1.78 bits per heavy atom.